The first-order valence-electron chi connectivity index (χ1n) is 5.90. The fraction of sp³-hybridized carbons (Fsp3) is 0.133. The summed E-state index contributed by atoms with van der Waals surface area (Å²) in [6.07, 6.45) is 0. The van der Waals surface area contributed by atoms with E-state index in [0.717, 1.165) is 18.2 Å². The lowest BCUT2D eigenvalue weighted by atomic mass is 10.2. The van der Waals surface area contributed by atoms with Gasteiger partial charge < -0.3 is 9.47 Å². The molecule has 0 spiro atoms. The van der Waals surface area contributed by atoms with E-state index in [1.807, 2.05) is 6.07 Å². The highest BCUT2D eigenvalue weighted by Gasteiger charge is 2.05. The van der Waals surface area contributed by atoms with E-state index < -0.39 is 11.6 Å². The van der Waals surface area contributed by atoms with Gasteiger partial charge in [-0.05, 0) is 24.3 Å². The summed E-state index contributed by atoms with van der Waals surface area (Å²) in [5.74, 6) is -0.943. The summed E-state index contributed by atoms with van der Waals surface area (Å²) in [5.41, 5.74) is 0.407. The summed E-state index contributed by atoms with van der Waals surface area (Å²) in [6.45, 7) is 0.161. The van der Waals surface area contributed by atoms with E-state index in [1.54, 1.807) is 24.3 Å². The quantitative estimate of drug-likeness (QED) is 0.786. The Labute approximate surface area is 115 Å². The van der Waals surface area contributed by atoms with Gasteiger partial charge in [0.15, 0.2) is 11.6 Å². The minimum absolute atomic E-state index is 0.0418. The molecule has 2 aromatic carbocycles. The van der Waals surface area contributed by atoms with Crippen LogP contribution in [0.3, 0.4) is 0 Å². The standard InChI is InChI=1S/C15H11F2NO2/c16-12-5-6-13(17)15(9-12)20-8-7-19-14-4-2-1-3-11(14)10-18/h1-6,9H,7-8H2. The van der Waals surface area contributed by atoms with Crippen LogP contribution in [0, 0.1) is 23.0 Å². The average molecular weight is 275 g/mol. The number of hydrogen-bond donors (Lipinski definition) is 0. The minimum Gasteiger partial charge on any atom is -0.489 e. The van der Waals surface area contributed by atoms with Crippen LogP contribution in [0.25, 0.3) is 0 Å². The lowest BCUT2D eigenvalue weighted by Crippen LogP contribution is -2.10. The Morgan fingerprint density at radius 3 is 2.40 bits per heavy atom. The molecule has 20 heavy (non-hydrogen) atoms. The summed E-state index contributed by atoms with van der Waals surface area (Å²) in [4.78, 5) is 0. The summed E-state index contributed by atoms with van der Waals surface area (Å²) < 4.78 is 36.6. The normalized spacial score (nSPS) is 9.85. The third-order valence-corrected chi connectivity index (χ3v) is 2.50. The Bertz CT molecular complexity index is 638. The van der Waals surface area contributed by atoms with Gasteiger partial charge in [0.25, 0.3) is 0 Å². The average Bonchev–Trinajstić information content (AvgIpc) is 2.47. The molecular weight excluding hydrogens is 264 g/mol. The molecule has 0 aliphatic carbocycles. The monoisotopic (exact) mass is 275 g/mol. The van der Waals surface area contributed by atoms with Gasteiger partial charge in [0.1, 0.15) is 30.8 Å². The zero-order valence-electron chi connectivity index (χ0n) is 10.5. The van der Waals surface area contributed by atoms with Crippen molar-refractivity contribution < 1.29 is 18.3 Å². The van der Waals surface area contributed by atoms with Crippen LogP contribution < -0.4 is 9.47 Å². The molecule has 0 amide bonds. The summed E-state index contributed by atoms with van der Waals surface area (Å²) in [7, 11) is 0. The van der Waals surface area contributed by atoms with Crippen LogP contribution in [0.1, 0.15) is 5.56 Å². The number of ether oxygens (including phenoxy) is 2. The van der Waals surface area contributed by atoms with Crippen LogP contribution in [0.4, 0.5) is 8.78 Å². The van der Waals surface area contributed by atoms with Gasteiger partial charge in [0, 0.05) is 6.07 Å². The molecule has 0 fully saturated rings. The Hall–Kier alpha value is -2.61. The number of nitrogens with zero attached hydrogens (tertiary/aromatic N) is 1. The van der Waals surface area contributed by atoms with Gasteiger partial charge in [0.05, 0.1) is 5.56 Å². The second kappa shape index (κ2) is 6.53. The van der Waals surface area contributed by atoms with Crippen LogP contribution in [0.15, 0.2) is 42.5 Å². The van der Waals surface area contributed by atoms with Crippen LogP contribution >= 0.6 is 0 Å². The van der Waals surface area contributed by atoms with Gasteiger partial charge in [-0.2, -0.15) is 5.26 Å². The Balaban J connectivity index is 1.88. The van der Waals surface area contributed by atoms with Crippen molar-refractivity contribution in [2.45, 2.75) is 0 Å². The zero-order chi connectivity index (χ0) is 14.4. The summed E-state index contributed by atoms with van der Waals surface area (Å²) >= 11 is 0. The highest BCUT2D eigenvalue weighted by molar-refractivity contribution is 5.42. The van der Waals surface area contributed by atoms with Crippen molar-refractivity contribution in [3.05, 3.63) is 59.7 Å². The van der Waals surface area contributed by atoms with E-state index in [9.17, 15) is 8.78 Å². The molecule has 0 unspecified atom stereocenters. The topological polar surface area (TPSA) is 42.2 Å². The predicted molar refractivity (Wildman–Crippen MR) is 68.5 cm³/mol. The highest BCUT2D eigenvalue weighted by Crippen LogP contribution is 2.19. The minimum atomic E-state index is -0.635. The largest absolute Gasteiger partial charge is 0.489 e. The Kier molecular flexibility index (Phi) is 4.51. The van der Waals surface area contributed by atoms with Crippen molar-refractivity contribution in [1.82, 2.24) is 0 Å². The van der Waals surface area contributed by atoms with Gasteiger partial charge in [0.2, 0.25) is 0 Å². The fourth-order valence-electron chi connectivity index (χ4n) is 1.58. The molecule has 102 valence electrons. The second-order valence-corrected chi connectivity index (χ2v) is 3.88. The van der Waals surface area contributed by atoms with E-state index in [2.05, 4.69) is 0 Å². The summed E-state index contributed by atoms with van der Waals surface area (Å²) in [6, 6.07) is 11.7. The van der Waals surface area contributed by atoms with Crippen molar-refractivity contribution in [3.8, 4) is 17.6 Å². The second-order valence-electron chi connectivity index (χ2n) is 3.88. The Morgan fingerprint density at radius 2 is 1.65 bits per heavy atom. The van der Waals surface area contributed by atoms with E-state index >= 15 is 0 Å². The molecule has 0 saturated heterocycles. The number of rotatable bonds is 5. The molecule has 0 N–H and O–H groups in total. The van der Waals surface area contributed by atoms with Crippen LogP contribution in [0.5, 0.6) is 11.5 Å². The number of hydrogen-bond acceptors (Lipinski definition) is 3. The van der Waals surface area contributed by atoms with Gasteiger partial charge >= 0.3 is 0 Å². The highest BCUT2D eigenvalue weighted by atomic mass is 19.1. The molecular formula is C15H11F2NO2. The van der Waals surface area contributed by atoms with Crippen molar-refractivity contribution in [2.24, 2.45) is 0 Å². The molecule has 5 heteroatoms. The lowest BCUT2D eigenvalue weighted by molar-refractivity contribution is 0.210. The maximum Gasteiger partial charge on any atom is 0.165 e. The van der Waals surface area contributed by atoms with Gasteiger partial charge in [-0.15, -0.1) is 0 Å². The van der Waals surface area contributed by atoms with Crippen molar-refractivity contribution in [1.29, 1.82) is 5.26 Å². The predicted octanol–water partition coefficient (Wildman–Crippen LogP) is 3.29. The smallest absolute Gasteiger partial charge is 0.165 e. The number of para-hydroxylation sites is 1. The molecule has 2 aromatic rings. The van der Waals surface area contributed by atoms with E-state index in [1.165, 1.54) is 0 Å². The van der Waals surface area contributed by atoms with Gasteiger partial charge in [-0.1, -0.05) is 12.1 Å². The first-order valence-corrected chi connectivity index (χ1v) is 5.90. The van der Waals surface area contributed by atoms with Crippen molar-refractivity contribution in [3.63, 3.8) is 0 Å². The number of nitriles is 1. The van der Waals surface area contributed by atoms with Crippen molar-refractivity contribution >= 4 is 0 Å². The van der Waals surface area contributed by atoms with E-state index in [-0.39, 0.29) is 19.0 Å². The van der Waals surface area contributed by atoms with Crippen LogP contribution in [-0.2, 0) is 0 Å². The molecule has 0 aromatic heterocycles. The fourth-order valence-corrected chi connectivity index (χ4v) is 1.58. The maximum absolute atomic E-state index is 13.3. The molecule has 0 radical (unpaired) electrons. The van der Waals surface area contributed by atoms with E-state index in [4.69, 9.17) is 14.7 Å². The molecule has 0 bridgehead atoms. The Morgan fingerprint density at radius 1 is 0.950 bits per heavy atom. The zero-order valence-corrected chi connectivity index (χ0v) is 10.5. The SMILES string of the molecule is N#Cc1ccccc1OCCOc1cc(F)ccc1F. The van der Waals surface area contributed by atoms with Crippen LogP contribution in [0.2, 0.25) is 0 Å². The van der Waals surface area contributed by atoms with Crippen molar-refractivity contribution in [2.75, 3.05) is 13.2 Å². The molecule has 0 aliphatic rings. The lowest BCUT2D eigenvalue weighted by Gasteiger charge is -2.09. The van der Waals surface area contributed by atoms with Crippen LogP contribution in [-0.4, -0.2) is 13.2 Å². The van der Waals surface area contributed by atoms with Gasteiger partial charge in [-0.25, -0.2) is 8.78 Å². The molecule has 0 saturated carbocycles. The maximum atomic E-state index is 13.3. The molecule has 0 atom stereocenters. The van der Waals surface area contributed by atoms with Gasteiger partial charge in [-0.3, -0.25) is 0 Å². The third kappa shape index (κ3) is 3.45. The number of benzene rings is 2. The first-order chi connectivity index (χ1) is 9.70. The molecule has 2 rings (SSSR count). The summed E-state index contributed by atoms with van der Waals surface area (Å²) in [5, 5.41) is 8.87. The third-order valence-electron chi connectivity index (χ3n) is 2.50. The number of halogens is 2. The first kappa shape index (κ1) is 13.8. The van der Waals surface area contributed by atoms with E-state index in [0.29, 0.717) is 11.3 Å². The molecule has 0 aliphatic heterocycles. The molecule has 0 heterocycles. The molecule has 3 nitrogen and oxygen atoms in total.